The van der Waals surface area contributed by atoms with E-state index in [0.29, 0.717) is 13.0 Å². The molecule has 1 heterocycles. The highest BCUT2D eigenvalue weighted by Crippen LogP contribution is 2.40. The molecule has 3 N–H and O–H groups in total. The first kappa shape index (κ1) is 34.0. The summed E-state index contributed by atoms with van der Waals surface area (Å²) in [6.45, 7) is 2.10. The summed E-state index contributed by atoms with van der Waals surface area (Å²) < 4.78 is 23.4. The zero-order valence-corrected chi connectivity index (χ0v) is 27.3. The van der Waals surface area contributed by atoms with Gasteiger partial charge in [0.25, 0.3) is 0 Å². The molecule has 0 spiro atoms. The average molecular weight is 657 g/mol. The normalized spacial score (nSPS) is 17.5. The average Bonchev–Trinajstić information content (AvgIpc) is 3.12. The summed E-state index contributed by atoms with van der Waals surface area (Å²) in [5.74, 6) is 1.09. The van der Waals surface area contributed by atoms with Gasteiger partial charge in [0.05, 0.1) is 32.5 Å². The van der Waals surface area contributed by atoms with E-state index in [4.69, 9.17) is 18.9 Å². The van der Waals surface area contributed by atoms with Crippen LogP contribution in [0.2, 0.25) is 0 Å². The fourth-order valence-electron chi connectivity index (χ4n) is 5.25. The van der Waals surface area contributed by atoms with Gasteiger partial charge >= 0.3 is 12.0 Å². The minimum atomic E-state index is -0.563. The Morgan fingerprint density at radius 1 is 0.872 bits per heavy atom. The molecule has 0 aromatic heterocycles. The van der Waals surface area contributed by atoms with Crippen molar-refractivity contribution in [2.75, 3.05) is 26.0 Å². The molecule has 1 aliphatic heterocycles. The summed E-state index contributed by atoms with van der Waals surface area (Å²) in [7, 11) is 1.68. The zero-order valence-electron chi connectivity index (χ0n) is 26.5. The number of methoxy groups -OCH3 is 1. The molecule has 246 valence electrons. The van der Waals surface area contributed by atoms with Crippen LogP contribution >= 0.6 is 11.8 Å². The van der Waals surface area contributed by atoms with Crippen molar-refractivity contribution in [2.24, 2.45) is 0 Å². The number of carbonyl (C=O) groups is 2. The van der Waals surface area contributed by atoms with Crippen LogP contribution in [0.25, 0.3) is 11.1 Å². The maximum Gasteiger partial charge on any atom is 0.325 e. The van der Waals surface area contributed by atoms with Gasteiger partial charge in [-0.25, -0.2) is 4.79 Å². The van der Waals surface area contributed by atoms with E-state index in [1.807, 2.05) is 91.0 Å². The van der Waals surface area contributed by atoms with E-state index < -0.39 is 18.3 Å². The SMILES string of the molecule is CCOC(=O)CNC(=O)NCc1cccc(-c2ccc([C@@H]3O[C@H](CSc4ccccc4OC)C[C@H](c4ccc(CO)cc4)O3)cc2)c1. The maximum atomic E-state index is 12.1. The van der Waals surface area contributed by atoms with Crippen LogP contribution in [0.15, 0.2) is 102 Å². The molecule has 47 heavy (non-hydrogen) atoms. The summed E-state index contributed by atoms with van der Waals surface area (Å²) in [4.78, 5) is 24.6. The third-order valence-corrected chi connectivity index (χ3v) is 8.89. The predicted molar refractivity (Wildman–Crippen MR) is 181 cm³/mol. The molecule has 0 unspecified atom stereocenters. The number of hydrogen-bond acceptors (Lipinski definition) is 8. The number of nitrogens with one attached hydrogen (secondary N) is 2. The summed E-state index contributed by atoms with van der Waals surface area (Å²) in [5, 5.41) is 14.8. The van der Waals surface area contributed by atoms with E-state index in [0.717, 1.165) is 49.8 Å². The minimum Gasteiger partial charge on any atom is -0.496 e. The molecular formula is C37H40N2O7S. The van der Waals surface area contributed by atoms with Gasteiger partial charge in [-0.05, 0) is 52.9 Å². The van der Waals surface area contributed by atoms with Crippen molar-refractivity contribution in [3.05, 3.63) is 119 Å². The van der Waals surface area contributed by atoms with Crippen molar-refractivity contribution in [3.63, 3.8) is 0 Å². The first-order valence-corrected chi connectivity index (χ1v) is 16.6. The molecule has 9 nitrogen and oxygen atoms in total. The van der Waals surface area contributed by atoms with Crippen LogP contribution in [0.3, 0.4) is 0 Å². The number of aliphatic hydroxyl groups excluding tert-OH is 1. The molecule has 0 radical (unpaired) electrons. The smallest absolute Gasteiger partial charge is 0.325 e. The molecule has 4 aromatic carbocycles. The van der Waals surface area contributed by atoms with Crippen LogP contribution in [0.1, 0.15) is 48.0 Å². The van der Waals surface area contributed by atoms with Crippen LogP contribution in [0, 0.1) is 0 Å². The second-order valence-electron chi connectivity index (χ2n) is 11.0. The lowest BCUT2D eigenvalue weighted by atomic mass is 9.99. The number of ether oxygens (including phenoxy) is 4. The van der Waals surface area contributed by atoms with Gasteiger partial charge in [0, 0.05) is 29.2 Å². The highest BCUT2D eigenvalue weighted by molar-refractivity contribution is 7.99. The first-order valence-electron chi connectivity index (χ1n) is 15.6. The maximum absolute atomic E-state index is 12.1. The predicted octanol–water partition coefficient (Wildman–Crippen LogP) is 6.55. The van der Waals surface area contributed by atoms with Crippen molar-refractivity contribution >= 4 is 23.8 Å². The number of para-hydroxylation sites is 1. The molecule has 0 bridgehead atoms. The summed E-state index contributed by atoms with van der Waals surface area (Å²) in [5.41, 5.74) is 5.74. The standard InChI is InChI=1S/C37H40N2O7S/c1-3-44-35(41)22-39-37(42)38-21-26-7-6-8-30(19-26)27-15-17-29(18-16-27)36-45-31(24-47-34-10-5-4-9-32(34)43-2)20-33(46-36)28-13-11-25(23-40)12-14-28/h4-19,31,33,36,40H,3,20-24H2,1-2H3,(H2,38,39,42)/t31-,33+,36+/m0/s1. The number of benzene rings is 4. The molecule has 5 rings (SSSR count). The fraction of sp³-hybridized carbons (Fsp3) is 0.297. The molecule has 1 fully saturated rings. The van der Waals surface area contributed by atoms with Gasteiger partial charge in [0.15, 0.2) is 6.29 Å². The highest BCUT2D eigenvalue weighted by Gasteiger charge is 2.32. The number of amides is 2. The van der Waals surface area contributed by atoms with Crippen molar-refractivity contribution in [1.82, 2.24) is 10.6 Å². The Morgan fingerprint density at radius 3 is 2.38 bits per heavy atom. The van der Waals surface area contributed by atoms with Gasteiger partial charge in [-0.1, -0.05) is 78.9 Å². The lowest BCUT2D eigenvalue weighted by molar-refractivity contribution is -0.245. The van der Waals surface area contributed by atoms with Crippen LogP contribution < -0.4 is 15.4 Å². The quantitative estimate of drug-likeness (QED) is 0.110. The largest absolute Gasteiger partial charge is 0.496 e. The number of rotatable bonds is 13. The van der Waals surface area contributed by atoms with E-state index in [9.17, 15) is 14.7 Å². The van der Waals surface area contributed by atoms with Crippen LogP contribution in [-0.4, -0.2) is 49.2 Å². The molecule has 10 heteroatoms. The Morgan fingerprint density at radius 2 is 1.64 bits per heavy atom. The Labute approximate surface area is 279 Å². The number of aliphatic hydroxyl groups is 1. The van der Waals surface area contributed by atoms with Crippen LogP contribution in [-0.2, 0) is 32.2 Å². The number of esters is 1. The number of carbonyl (C=O) groups excluding carboxylic acids is 2. The molecule has 1 saturated heterocycles. The Balaban J connectivity index is 1.26. The first-order chi connectivity index (χ1) is 22.9. The van der Waals surface area contributed by atoms with E-state index in [1.54, 1.807) is 25.8 Å². The van der Waals surface area contributed by atoms with Gasteiger partial charge in [0.1, 0.15) is 12.3 Å². The van der Waals surface area contributed by atoms with Crippen molar-refractivity contribution < 1.29 is 33.6 Å². The monoisotopic (exact) mass is 656 g/mol. The van der Waals surface area contributed by atoms with Gasteiger partial charge in [0.2, 0.25) is 0 Å². The fourth-order valence-corrected chi connectivity index (χ4v) is 6.29. The topological polar surface area (TPSA) is 115 Å². The van der Waals surface area contributed by atoms with Crippen LogP contribution in [0.4, 0.5) is 4.79 Å². The summed E-state index contributed by atoms with van der Waals surface area (Å²) in [6.07, 6.45) is -0.128. The zero-order chi connectivity index (χ0) is 33.0. The second kappa shape index (κ2) is 17.0. The lowest BCUT2D eigenvalue weighted by Gasteiger charge is -2.36. The van der Waals surface area contributed by atoms with Crippen molar-refractivity contribution in [2.45, 2.75) is 49.9 Å². The summed E-state index contributed by atoms with van der Waals surface area (Å²) in [6, 6.07) is 31.5. The van der Waals surface area contributed by atoms with E-state index >= 15 is 0 Å². The van der Waals surface area contributed by atoms with Gasteiger partial charge < -0.3 is 34.7 Å². The number of hydrogen-bond donors (Lipinski definition) is 3. The molecule has 3 atom stereocenters. The van der Waals surface area contributed by atoms with Crippen molar-refractivity contribution in [1.29, 1.82) is 0 Å². The molecule has 2 amide bonds. The molecule has 1 aliphatic rings. The molecule has 4 aromatic rings. The highest BCUT2D eigenvalue weighted by atomic mass is 32.2. The number of urea groups is 1. The van der Waals surface area contributed by atoms with E-state index in [2.05, 4.69) is 16.7 Å². The Bertz CT molecular complexity index is 1610. The number of thioether (sulfide) groups is 1. The Hall–Kier alpha value is -4.35. The van der Waals surface area contributed by atoms with E-state index in [-0.39, 0.29) is 32.0 Å². The third-order valence-electron chi connectivity index (χ3n) is 7.70. The minimum absolute atomic E-state index is 0.00601. The second-order valence-corrected chi connectivity index (χ2v) is 12.0. The van der Waals surface area contributed by atoms with Gasteiger partial charge in [-0.15, -0.1) is 11.8 Å². The molecular weight excluding hydrogens is 616 g/mol. The Kier molecular flexibility index (Phi) is 12.3. The third kappa shape index (κ3) is 9.59. The van der Waals surface area contributed by atoms with E-state index in [1.165, 1.54) is 0 Å². The molecule has 0 saturated carbocycles. The summed E-state index contributed by atoms with van der Waals surface area (Å²) >= 11 is 1.70. The molecule has 0 aliphatic carbocycles. The van der Waals surface area contributed by atoms with Crippen molar-refractivity contribution in [3.8, 4) is 16.9 Å². The van der Waals surface area contributed by atoms with Crippen LogP contribution in [0.5, 0.6) is 5.75 Å². The lowest BCUT2D eigenvalue weighted by Crippen LogP contribution is -2.38. The van der Waals surface area contributed by atoms with Gasteiger partial charge in [-0.2, -0.15) is 0 Å². The van der Waals surface area contributed by atoms with Gasteiger partial charge in [-0.3, -0.25) is 4.79 Å².